The number of aryl methyl sites for hydroxylation is 1. The fraction of sp³-hybridized carbons (Fsp3) is 0.333. The van der Waals surface area contributed by atoms with Gasteiger partial charge in [-0.25, -0.2) is 0 Å². The SMILES string of the molecule is Cc1cc(N2CCOC(Cn3cccn3)C2)c2ccccc2n1. The Kier molecular flexibility index (Phi) is 3.71. The number of hydrogen-bond acceptors (Lipinski definition) is 4. The third-order valence-electron chi connectivity index (χ3n) is 4.25. The number of nitrogens with zero attached hydrogens (tertiary/aromatic N) is 4. The molecule has 0 N–H and O–H groups in total. The van der Waals surface area contributed by atoms with Gasteiger partial charge >= 0.3 is 0 Å². The molecule has 5 nitrogen and oxygen atoms in total. The number of ether oxygens (including phenoxy) is 1. The molecule has 1 unspecified atom stereocenters. The van der Waals surface area contributed by atoms with E-state index >= 15 is 0 Å². The molecule has 0 saturated carbocycles. The number of fused-ring (bicyclic) bond motifs is 1. The number of rotatable bonds is 3. The highest BCUT2D eigenvalue weighted by Gasteiger charge is 2.22. The van der Waals surface area contributed by atoms with Gasteiger partial charge in [-0.15, -0.1) is 0 Å². The number of pyridine rings is 1. The maximum Gasteiger partial charge on any atom is 0.0946 e. The molecule has 3 aromatic rings. The van der Waals surface area contributed by atoms with Gasteiger partial charge in [0, 0.05) is 42.3 Å². The lowest BCUT2D eigenvalue weighted by atomic mass is 10.1. The molecule has 1 aliphatic rings. The van der Waals surface area contributed by atoms with E-state index in [1.807, 2.05) is 23.0 Å². The van der Waals surface area contributed by atoms with Crippen molar-refractivity contribution in [1.29, 1.82) is 0 Å². The molecule has 0 aliphatic carbocycles. The van der Waals surface area contributed by atoms with Gasteiger partial charge in [0.2, 0.25) is 0 Å². The van der Waals surface area contributed by atoms with Crippen molar-refractivity contribution in [3.8, 4) is 0 Å². The van der Waals surface area contributed by atoms with Crippen molar-refractivity contribution in [3.05, 3.63) is 54.5 Å². The van der Waals surface area contributed by atoms with Crippen LogP contribution >= 0.6 is 0 Å². The molecule has 0 amide bonds. The topological polar surface area (TPSA) is 43.2 Å². The van der Waals surface area contributed by atoms with Crippen molar-refractivity contribution >= 4 is 16.6 Å². The zero-order valence-electron chi connectivity index (χ0n) is 13.2. The van der Waals surface area contributed by atoms with Gasteiger partial charge in [-0.2, -0.15) is 5.10 Å². The first-order valence-electron chi connectivity index (χ1n) is 8.00. The Hall–Kier alpha value is -2.40. The van der Waals surface area contributed by atoms with Crippen LogP contribution in [0.5, 0.6) is 0 Å². The van der Waals surface area contributed by atoms with Crippen LogP contribution in [0.15, 0.2) is 48.8 Å². The maximum atomic E-state index is 5.93. The molecule has 23 heavy (non-hydrogen) atoms. The Bertz CT molecular complexity index is 800. The van der Waals surface area contributed by atoms with Crippen LogP contribution in [0.3, 0.4) is 0 Å². The van der Waals surface area contributed by atoms with Gasteiger partial charge in [-0.05, 0) is 25.1 Å². The fourth-order valence-electron chi connectivity index (χ4n) is 3.21. The molecule has 0 bridgehead atoms. The molecule has 1 fully saturated rings. The number of aromatic nitrogens is 3. The number of morpholine rings is 1. The molecule has 1 atom stereocenters. The van der Waals surface area contributed by atoms with Crippen molar-refractivity contribution in [2.24, 2.45) is 0 Å². The number of para-hydroxylation sites is 1. The molecule has 5 heteroatoms. The average molecular weight is 308 g/mol. The van der Waals surface area contributed by atoms with Crippen LogP contribution in [0.2, 0.25) is 0 Å². The first-order chi connectivity index (χ1) is 11.3. The average Bonchev–Trinajstić information content (AvgIpc) is 3.07. The Morgan fingerprint density at radius 3 is 3.04 bits per heavy atom. The van der Waals surface area contributed by atoms with Crippen molar-refractivity contribution in [1.82, 2.24) is 14.8 Å². The predicted octanol–water partition coefficient (Wildman–Crippen LogP) is 2.65. The highest BCUT2D eigenvalue weighted by Crippen LogP contribution is 2.28. The van der Waals surface area contributed by atoms with E-state index in [0.717, 1.165) is 37.5 Å². The minimum atomic E-state index is 0.149. The predicted molar refractivity (Wildman–Crippen MR) is 90.7 cm³/mol. The summed E-state index contributed by atoms with van der Waals surface area (Å²) in [6.45, 7) is 5.35. The Morgan fingerprint density at radius 1 is 1.26 bits per heavy atom. The molecular formula is C18H20N4O. The highest BCUT2D eigenvalue weighted by atomic mass is 16.5. The first-order valence-corrected chi connectivity index (χ1v) is 8.00. The van der Waals surface area contributed by atoms with E-state index in [9.17, 15) is 0 Å². The van der Waals surface area contributed by atoms with Crippen molar-refractivity contribution in [3.63, 3.8) is 0 Å². The van der Waals surface area contributed by atoms with Crippen molar-refractivity contribution < 1.29 is 4.74 Å². The van der Waals surface area contributed by atoms with Crippen LogP contribution in [0.1, 0.15) is 5.69 Å². The lowest BCUT2D eigenvalue weighted by molar-refractivity contribution is 0.0275. The Morgan fingerprint density at radius 2 is 2.17 bits per heavy atom. The molecule has 0 radical (unpaired) electrons. The van der Waals surface area contributed by atoms with E-state index in [2.05, 4.69) is 46.2 Å². The van der Waals surface area contributed by atoms with Crippen molar-refractivity contribution in [2.45, 2.75) is 19.6 Å². The van der Waals surface area contributed by atoms with E-state index in [0.29, 0.717) is 0 Å². The molecule has 118 valence electrons. The molecule has 3 heterocycles. The Balaban J connectivity index is 1.62. The zero-order valence-corrected chi connectivity index (χ0v) is 13.2. The van der Waals surface area contributed by atoms with Gasteiger partial charge in [-0.3, -0.25) is 9.67 Å². The first kappa shape index (κ1) is 14.2. The summed E-state index contributed by atoms with van der Waals surface area (Å²) in [6, 6.07) is 12.5. The molecule has 0 spiro atoms. The Labute approximate surface area is 135 Å². The van der Waals surface area contributed by atoms with Gasteiger partial charge in [0.05, 0.1) is 24.8 Å². The molecule has 1 aliphatic heterocycles. The molecule has 2 aromatic heterocycles. The summed E-state index contributed by atoms with van der Waals surface area (Å²) < 4.78 is 7.86. The molecule has 4 rings (SSSR count). The van der Waals surface area contributed by atoms with Gasteiger partial charge in [-0.1, -0.05) is 18.2 Å². The monoisotopic (exact) mass is 308 g/mol. The van der Waals surface area contributed by atoms with E-state index in [-0.39, 0.29) is 6.10 Å². The second-order valence-corrected chi connectivity index (χ2v) is 5.97. The van der Waals surface area contributed by atoms with E-state index < -0.39 is 0 Å². The second kappa shape index (κ2) is 6.01. The van der Waals surface area contributed by atoms with E-state index in [1.54, 1.807) is 6.20 Å². The summed E-state index contributed by atoms with van der Waals surface area (Å²) in [6.07, 6.45) is 3.94. The lowest BCUT2D eigenvalue weighted by Gasteiger charge is -2.35. The summed E-state index contributed by atoms with van der Waals surface area (Å²) in [5, 5.41) is 5.49. The van der Waals surface area contributed by atoms with Crippen LogP contribution < -0.4 is 4.90 Å². The van der Waals surface area contributed by atoms with E-state index in [1.165, 1.54) is 11.1 Å². The van der Waals surface area contributed by atoms with Gasteiger partial charge in [0.25, 0.3) is 0 Å². The smallest absolute Gasteiger partial charge is 0.0946 e. The standard InChI is InChI=1S/C18H20N4O/c1-14-11-18(16-5-2-3-6-17(16)20-14)21-9-10-23-15(12-21)13-22-8-4-7-19-22/h2-8,11,15H,9-10,12-13H2,1H3. The van der Waals surface area contributed by atoms with Crippen LogP contribution in [0.25, 0.3) is 10.9 Å². The van der Waals surface area contributed by atoms with E-state index in [4.69, 9.17) is 4.74 Å². The second-order valence-electron chi connectivity index (χ2n) is 5.97. The maximum absolute atomic E-state index is 5.93. The molecule has 1 saturated heterocycles. The largest absolute Gasteiger partial charge is 0.373 e. The van der Waals surface area contributed by atoms with Gasteiger partial charge in [0.15, 0.2) is 0 Å². The lowest BCUT2D eigenvalue weighted by Crippen LogP contribution is -2.44. The number of anilines is 1. The summed E-state index contributed by atoms with van der Waals surface area (Å²) in [4.78, 5) is 7.05. The van der Waals surface area contributed by atoms with Crippen LogP contribution in [0, 0.1) is 6.92 Å². The van der Waals surface area contributed by atoms with Crippen LogP contribution in [-0.4, -0.2) is 40.6 Å². The quantitative estimate of drug-likeness (QED) is 0.746. The minimum Gasteiger partial charge on any atom is -0.373 e. The van der Waals surface area contributed by atoms with Gasteiger partial charge in [0.1, 0.15) is 0 Å². The fourth-order valence-corrected chi connectivity index (χ4v) is 3.21. The van der Waals surface area contributed by atoms with Crippen LogP contribution in [0.4, 0.5) is 5.69 Å². The summed E-state index contributed by atoms with van der Waals surface area (Å²) in [5.74, 6) is 0. The summed E-state index contributed by atoms with van der Waals surface area (Å²) in [7, 11) is 0. The summed E-state index contributed by atoms with van der Waals surface area (Å²) in [5.41, 5.74) is 3.35. The molecule has 1 aromatic carbocycles. The zero-order chi connectivity index (χ0) is 15.6. The third kappa shape index (κ3) is 2.92. The highest BCUT2D eigenvalue weighted by molar-refractivity contribution is 5.92. The normalized spacial score (nSPS) is 18.5. The van der Waals surface area contributed by atoms with Crippen molar-refractivity contribution in [2.75, 3.05) is 24.6 Å². The minimum absolute atomic E-state index is 0.149. The number of hydrogen-bond donors (Lipinski definition) is 0. The third-order valence-corrected chi connectivity index (χ3v) is 4.25. The summed E-state index contributed by atoms with van der Waals surface area (Å²) >= 11 is 0. The number of benzene rings is 1. The van der Waals surface area contributed by atoms with Gasteiger partial charge < -0.3 is 9.64 Å². The van der Waals surface area contributed by atoms with Crippen LogP contribution in [-0.2, 0) is 11.3 Å². The molecular weight excluding hydrogens is 288 g/mol.